The van der Waals surface area contributed by atoms with E-state index in [2.05, 4.69) is 33.0 Å². The quantitative estimate of drug-likeness (QED) is 0.756. The first-order chi connectivity index (χ1) is 6.40. The number of thioether (sulfide) groups is 1. The van der Waals surface area contributed by atoms with Gasteiger partial charge in [0.15, 0.2) is 0 Å². The fraction of sp³-hybridized carbons (Fsp3) is 0.900. The minimum absolute atomic E-state index is 0.0664. The Kier molecular flexibility index (Phi) is 3.48. The molecule has 0 aromatic carbocycles. The number of carboxylic acids is 1. The molecule has 2 N–H and O–H groups in total. The molecule has 1 atom stereocenters. The Morgan fingerprint density at radius 3 is 2.14 bits per heavy atom. The Morgan fingerprint density at radius 1 is 1.43 bits per heavy atom. The van der Waals surface area contributed by atoms with Gasteiger partial charge in [-0.2, -0.15) is 0 Å². The topological polar surface area (TPSA) is 49.3 Å². The molecule has 14 heavy (non-hydrogen) atoms. The number of carboxylic acid groups (broad SMARTS) is 1. The van der Waals surface area contributed by atoms with Crippen molar-refractivity contribution in [3.8, 4) is 0 Å². The van der Waals surface area contributed by atoms with Crippen molar-refractivity contribution in [2.75, 3.05) is 5.75 Å². The molecule has 0 saturated carbocycles. The molecule has 0 aromatic heterocycles. The van der Waals surface area contributed by atoms with Gasteiger partial charge in [-0.3, -0.25) is 10.1 Å². The molecule has 0 bridgehead atoms. The van der Waals surface area contributed by atoms with Crippen LogP contribution in [0.3, 0.4) is 0 Å². The van der Waals surface area contributed by atoms with E-state index in [1.807, 2.05) is 0 Å². The molecule has 0 amide bonds. The second-order valence-electron chi connectivity index (χ2n) is 4.45. The highest BCUT2D eigenvalue weighted by Crippen LogP contribution is 2.42. The van der Waals surface area contributed by atoms with Crippen LogP contribution in [0.5, 0.6) is 0 Å². The second kappa shape index (κ2) is 4.11. The normalized spacial score (nSPS) is 26.0. The maximum atomic E-state index is 10.9. The lowest BCUT2D eigenvalue weighted by Crippen LogP contribution is -2.51. The van der Waals surface area contributed by atoms with Gasteiger partial charge in [-0.1, -0.05) is 27.7 Å². The molecular weight excluding hydrogens is 198 g/mol. The van der Waals surface area contributed by atoms with E-state index in [0.29, 0.717) is 17.6 Å². The SMILES string of the molecule is CC(C)C1(C(C)C)N[C@H](C(=O)O)CS1. The summed E-state index contributed by atoms with van der Waals surface area (Å²) in [6.45, 7) is 8.57. The summed E-state index contributed by atoms with van der Waals surface area (Å²) in [5, 5.41) is 12.2. The molecule has 1 aliphatic heterocycles. The molecule has 0 aliphatic carbocycles. The zero-order chi connectivity index (χ0) is 10.9. The van der Waals surface area contributed by atoms with Gasteiger partial charge in [0.05, 0.1) is 4.87 Å². The van der Waals surface area contributed by atoms with Crippen molar-refractivity contribution < 1.29 is 9.90 Å². The van der Waals surface area contributed by atoms with Crippen LogP contribution >= 0.6 is 11.8 Å². The van der Waals surface area contributed by atoms with Gasteiger partial charge in [-0.05, 0) is 11.8 Å². The van der Waals surface area contributed by atoms with Crippen LogP contribution in [-0.4, -0.2) is 27.7 Å². The Hall–Kier alpha value is -0.220. The number of aliphatic carboxylic acids is 1. The van der Waals surface area contributed by atoms with Gasteiger partial charge in [0.2, 0.25) is 0 Å². The van der Waals surface area contributed by atoms with Gasteiger partial charge in [-0.15, -0.1) is 11.8 Å². The average molecular weight is 217 g/mol. The van der Waals surface area contributed by atoms with Crippen molar-refractivity contribution in [3.05, 3.63) is 0 Å². The molecule has 4 heteroatoms. The molecule has 1 aliphatic rings. The Labute approximate surface area is 89.6 Å². The van der Waals surface area contributed by atoms with Crippen molar-refractivity contribution in [1.82, 2.24) is 5.32 Å². The van der Waals surface area contributed by atoms with Crippen LogP contribution in [0.25, 0.3) is 0 Å². The molecule has 0 aromatic rings. The van der Waals surface area contributed by atoms with Gasteiger partial charge >= 0.3 is 5.97 Å². The van der Waals surface area contributed by atoms with Gasteiger partial charge in [0.1, 0.15) is 6.04 Å². The summed E-state index contributed by atoms with van der Waals surface area (Å²) in [7, 11) is 0. The summed E-state index contributed by atoms with van der Waals surface area (Å²) in [6.07, 6.45) is 0. The van der Waals surface area contributed by atoms with Gasteiger partial charge in [0.25, 0.3) is 0 Å². The summed E-state index contributed by atoms with van der Waals surface area (Å²) in [6, 6.07) is -0.384. The first-order valence-corrected chi connectivity index (χ1v) is 6.03. The van der Waals surface area contributed by atoms with E-state index in [0.717, 1.165) is 0 Å². The van der Waals surface area contributed by atoms with Crippen LogP contribution in [-0.2, 0) is 4.79 Å². The number of nitrogens with one attached hydrogen (secondary N) is 1. The highest BCUT2D eigenvalue weighted by atomic mass is 32.2. The maximum Gasteiger partial charge on any atom is 0.321 e. The summed E-state index contributed by atoms with van der Waals surface area (Å²) in [5.41, 5.74) is 0. The third kappa shape index (κ3) is 1.91. The Balaban J connectivity index is 2.80. The number of carbonyl (C=O) groups is 1. The third-order valence-corrected chi connectivity index (χ3v) is 4.94. The third-order valence-electron chi connectivity index (χ3n) is 2.90. The van der Waals surface area contributed by atoms with Crippen LogP contribution in [0, 0.1) is 11.8 Å². The number of rotatable bonds is 3. The van der Waals surface area contributed by atoms with Crippen LogP contribution in [0.4, 0.5) is 0 Å². The molecule has 1 fully saturated rings. The van der Waals surface area contributed by atoms with Crippen molar-refractivity contribution >= 4 is 17.7 Å². The molecule has 1 heterocycles. The monoisotopic (exact) mass is 217 g/mol. The molecule has 0 unspecified atom stereocenters. The number of hydrogen-bond acceptors (Lipinski definition) is 3. The van der Waals surface area contributed by atoms with E-state index in [1.54, 1.807) is 11.8 Å². The second-order valence-corrected chi connectivity index (χ2v) is 5.75. The van der Waals surface area contributed by atoms with Crippen LogP contribution in [0.2, 0.25) is 0 Å². The highest BCUT2D eigenvalue weighted by molar-refractivity contribution is 8.01. The minimum Gasteiger partial charge on any atom is -0.480 e. The van der Waals surface area contributed by atoms with Crippen LogP contribution < -0.4 is 5.32 Å². The predicted molar refractivity (Wildman–Crippen MR) is 59.4 cm³/mol. The summed E-state index contributed by atoms with van der Waals surface area (Å²) < 4.78 is 0. The van der Waals surface area contributed by atoms with Crippen molar-refractivity contribution in [1.29, 1.82) is 0 Å². The lowest BCUT2D eigenvalue weighted by atomic mass is 9.91. The zero-order valence-electron chi connectivity index (χ0n) is 9.20. The van der Waals surface area contributed by atoms with E-state index in [9.17, 15) is 4.79 Å². The number of hydrogen-bond donors (Lipinski definition) is 2. The Morgan fingerprint density at radius 2 is 1.93 bits per heavy atom. The van der Waals surface area contributed by atoms with Crippen LogP contribution in [0.15, 0.2) is 0 Å². The summed E-state index contributed by atoms with van der Waals surface area (Å²) in [4.78, 5) is 10.8. The van der Waals surface area contributed by atoms with Gasteiger partial charge in [0, 0.05) is 5.75 Å². The van der Waals surface area contributed by atoms with Gasteiger partial charge < -0.3 is 5.11 Å². The molecule has 82 valence electrons. The lowest BCUT2D eigenvalue weighted by molar-refractivity contribution is -0.139. The fourth-order valence-corrected chi connectivity index (χ4v) is 3.60. The molecular formula is C10H19NO2S. The first-order valence-electron chi connectivity index (χ1n) is 5.04. The zero-order valence-corrected chi connectivity index (χ0v) is 10.0. The van der Waals surface area contributed by atoms with E-state index >= 15 is 0 Å². The standard InChI is InChI=1S/C10H19NO2S/c1-6(2)10(7(3)4)11-8(5-14-10)9(12)13/h6-8,11H,5H2,1-4H3,(H,12,13)/t8-/m0/s1. The molecule has 1 rings (SSSR count). The fourth-order valence-electron chi connectivity index (χ4n) is 2.04. The Bertz CT molecular complexity index is 220. The molecule has 0 spiro atoms. The smallest absolute Gasteiger partial charge is 0.321 e. The predicted octanol–water partition coefficient (Wildman–Crippen LogP) is 1.78. The van der Waals surface area contributed by atoms with Gasteiger partial charge in [-0.25, -0.2) is 0 Å². The van der Waals surface area contributed by atoms with Crippen molar-refractivity contribution in [3.63, 3.8) is 0 Å². The van der Waals surface area contributed by atoms with Crippen LogP contribution in [0.1, 0.15) is 27.7 Å². The van der Waals surface area contributed by atoms with E-state index in [4.69, 9.17) is 5.11 Å². The molecule has 1 saturated heterocycles. The summed E-state index contributed by atoms with van der Waals surface area (Å²) >= 11 is 1.75. The minimum atomic E-state index is -0.735. The van der Waals surface area contributed by atoms with E-state index in [1.165, 1.54) is 0 Å². The van der Waals surface area contributed by atoms with Crippen molar-refractivity contribution in [2.45, 2.75) is 38.6 Å². The largest absolute Gasteiger partial charge is 0.480 e. The van der Waals surface area contributed by atoms with E-state index in [-0.39, 0.29) is 10.9 Å². The molecule has 0 radical (unpaired) electrons. The van der Waals surface area contributed by atoms with Crippen molar-refractivity contribution in [2.24, 2.45) is 11.8 Å². The first kappa shape index (κ1) is 11.9. The van der Waals surface area contributed by atoms with E-state index < -0.39 is 5.97 Å². The molecule has 3 nitrogen and oxygen atoms in total. The summed E-state index contributed by atoms with van der Waals surface area (Å²) in [5.74, 6) is 0.820. The maximum absolute atomic E-state index is 10.9. The lowest BCUT2D eigenvalue weighted by Gasteiger charge is -2.37. The highest BCUT2D eigenvalue weighted by Gasteiger charge is 2.46. The average Bonchev–Trinajstić information content (AvgIpc) is 2.48.